The van der Waals surface area contributed by atoms with Gasteiger partial charge in [0.25, 0.3) is 0 Å². The van der Waals surface area contributed by atoms with E-state index in [9.17, 15) is 0 Å². The summed E-state index contributed by atoms with van der Waals surface area (Å²) in [6.07, 6.45) is 1.74. The van der Waals surface area contributed by atoms with Crippen LogP contribution in [0, 0.1) is 0 Å². The summed E-state index contributed by atoms with van der Waals surface area (Å²) in [7, 11) is 3.75. The van der Waals surface area contributed by atoms with Gasteiger partial charge in [-0.2, -0.15) is 4.98 Å². The zero-order chi connectivity index (χ0) is 19.8. The molecule has 0 aromatic carbocycles. The highest BCUT2D eigenvalue weighted by molar-refractivity contribution is 9.10. The number of likely N-dealkylation sites (N-methyl/N-ethyl adjacent to an activating group) is 1. The van der Waals surface area contributed by atoms with Crippen LogP contribution in [-0.2, 0) is 0 Å². The summed E-state index contributed by atoms with van der Waals surface area (Å²) in [5, 5.41) is 3.42. The second-order valence-corrected chi connectivity index (χ2v) is 7.67. The summed E-state index contributed by atoms with van der Waals surface area (Å²) in [5.41, 5.74) is 0. The molecule has 1 saturated heterocycles. The fraction of sp³-hybridized carbons (Fsp3) is 0.722. The van der Waals surface area contributed by atoms with Gasteiger partial charge in [0.2, 0.25) is 11.8 Å². The van der Waals surface area contributed by atoms with Crippen LogP contribution in [0.3, 0.4) is 0 Å². The molecule has 1 N–H and O–H groups in total. The molecule has 1 fully saturated rings. The first-order valence-corrected chi connectivity index (χ1v) is 10.3. The number of hydrogen-bond acceptors (Lipinski definition) is 6. The first-order valence-electron chi connectivity index (χ1n) is 9.51. The van der Waals surface area contributed by atoms with E-state index in [2.05, 4.69) is 73.7 Å². The molecule has 2 rings (SSSR count). The van der Waals surface area contributed by atoms with Gasteiger partial charge in [-0.05, 0) is 43.7 Å². The van der Waals surface area contributed by atoms with Gasteiger partial charge in [0.1, 0.15) is 0 Å². The standard InChI is InChI=1S/C18H32BrN7O/c1-6-20-17(21-7-8-24(4)14(2)3)25-9-11-26(12-10-25)18-22-13-15(19)16(23-18)27-5/h13-14H,6-12H2,1-5H3,(H,20,21). The Kier molecular flexibility index (Phi) is 8.56. The second kappa shape index (κ2) is 10.7. The minimum atomic E-state index is 0.536. The zero-order valence-corrected chi connectivity index (χ0v) is 18.7. The van der Waals surface area contributed by atoms with Crippen LogP contribution >= 0.6 is 15.9 Å². The van der Waals surface area contributed by atoms with E-state index in [0.717, 1.165) is 56.2 Å². The molecule has 0 spiro atoms. The highest BCUT2D eigenvalue weighted by atomic mass is 79.9. The first kappa shape index (κ1) is 21.7. The molecule has 0 saturated carbocycles. The maximum Gasteiger partial charge on any atom is 0.232 e. The van der Waals surface area contributed by atoms with Crippen molar-refractivity contribution in [2.45, 2.75) is 26.8 Å². The van der Waals surface area contributed by atoms with E-state index in [1.165, 1.54) is 0 Å². The molecule has 0 radical (unpaired) electrons. The van der Waals surface area contributed by atoms with Crippen LogP contribution in [0.4, 0.5) is 5.95 Å². The third-order valence-corrected chi connectivity index (χ3v) is 5.23. The quantitative estimate of drug-likeness (QED) is 0.509. The molecule has 0 atom stereocenters. The summed E-state index contributed by atoms with van der Waals surface area (Å²) in [4.78, 5) is 20.5. The Morgan fingerprint density at radius 3 is 2.67 bits per heavy atom. The number of piperazine rings is 1. The highest BCUT2D eigenvalue weighted by Gasteiger charge is 2.22. The minimum Gasteiger partial charge on any atom is -0.480 e. The van der Waals surface area contributed by atoms with Gasteiger partial charge in [0.05, 0.1) is 24.3 Å². The van der Waals surface area contributed by atoms with Crippen LogP contribution in [-0.4, -0.2) is 91.7 Å². The van der Waals surface area contributed by atoms with Gasteiger partial charge < -0.3 is 24.8 Å². The molecule has 27 heavy (non-hydrogen) atoms. The summed E-state index contributed by atoms with van der Waals surface area (Å²) in [6, 6.07) is 0.536. The van der Waals surface area contributed by atoms with Crippen molar-refractivity contribution in [1.29, 1.82) is 0 Å². The van der Waals surface area contributed by atoms with E-state index in [-0.39, 0.29) is 0 Å². The van der Waals surface area contributed by atoms with E-state index in [1.807, 2.05) is 0 Å². The molecule has 8 nitrogen and oxygen atoms in total. The zero-order valence-electron chi connectivity index (χ0n) is 17.1. The summed E-state index contributed by atoms with van der Waals surface area (Å²) >= 11 is 3.40. The van der Waals surface area contributed by atoms with Gasteiger partial charge in [0, 0.05) is 45.3 Å². The average molecular weight is 442 g/mol. The lowest BCUT2D eigenvalue weighted by atomic mass is 10.3. The normalized spacial score (nSPS) is 15.6. The Balaban J connectivity index is 1.95. The van der Waals surface area contributed by atoms with Crippen molar-refractivity contribution in [3.8, 4) is 5.88 Å². The highest BCUT2D eigenvalue weighted by Crippen LogP contribution is 2.23. The Labute approximate surface area is 171 Å². The molecule has 0 unspecified atom stereocenters. The number of ether oxygens (including phenoxy) is 1. The summed E-state index contributed by atoms with van der Waals surface area (Å²) in [5.74, 6) is 2.26. The van der Waals surface area contributed by atoms with Crippen molar-refractivity contribution < 1.29 is 4.74 Å². The summed E-state index contributed by atoms with van der Waals surface area (Å²) in [6.45, 7) is 12.6. The lowest BCUT2D eigenvalue weighted by Crippen LogP contribution is -2.53. The fourth-order valence-corrected chi connectivity index (χ4v) is 3.11. The molecule has 152 valence electrons. The first-order chi connectivity index (χ1) is 13.0. The molecule has 0 aliphatic carbocycles. The Bertz CT molecular complexity index is 618. The van der Waals surface area contributed by atoms with Crippen molar-refractivity contribution in [1.82, 2.24) is 25.1 Å². The van der Waals surface area contributed by atoms with E-state index in [4.69, 9.17) is 9.73 Å². The molecule has 9 heteroatoms. The predicted octanol–water partition coefficient (Wildman–Crippen LogP) is 1.68. The van der Waals surface area contributed by atoms with E-state index in [0.29, 0.717) is 17.9 Å². The third kappa shape index (κ3) is 6.21. The van der Waals surface area contributed by atoms with Crippen molar-refractivity contribution in [3.63, 3.8) is 0 Å². The number of anilines is 1. The predicted molar refractivity (Wildman–Crippen MR) is 114 cm³/mol. The number of aliphatic imine (C=N–C) groups is 1. The molecule has 1 aliphatic heterocycles. The number of aromatic nitrogens is 2. The van der Waals surface area contributed by atoms with Crippen LogP contribution in [0.2, 0.25) is 0 Å². The van der Waals surface area contributed by atoms with Crippen LogP contribution in [0.5, 0.6) is 5.88 Å². The lowest BCUT2D eigenvalue weighted by molar-refractivity contribution is 0.281. The fourth-order valence-electron chi connectivity index (χ4n) is 2.75. The van der Waals surface area contributed by atoms with Crippen molar-refractivity contribution >= 4 is 27.8 Å². The molecule has 1 aromatic rings. The number of rotatable bonds is 7. The van der Waals surface area contributed by atoms with Crippen LogP contribution in [0.15, 0.2) is 15.7 Å². The Hall–Kier alpha value is -1.61. The number of nitrogens with one attached hydrogen (secondary N) is 1. The van der Waals surface area contributed by atoms with E-state index < -0.39 is 0 Å². The molecule has 2 heterocycles. The lowest BCUT2D eigenvalue weighted by Gasteiger charge is -2.36. The average Bonchev–Trinajstić information content (AvgIpc) is 2.67. The number of halogens is 1. The van der Waals surface area contributed by atoms with Gasteiger partial charge in [-0.25, -0.2) is 4.98 Å². The largest absolute Gasteiger partial charge is 0.480 e. The second-order valence-electron chi connectivity index (χ2n) is 6.81. The topological polar surface area (TPSA) is 69.1 Å². The Morgan fingerprint density at radius 2 is 2.07 bits per heavy atom. The third-order valence-electron chi connectivity index (χ3n) is 4.69. The smallest absolute Gasteiger partial charge is 0.232 e. The maximum absolute atomic E-state index is 5.28. The summed E-state index contributed by atoms with van der Waals surface area (Å²) < 4.78 is 6.04. The van der Waals surface area contributed by atoms with Gasteiger partial charge in [0.15, 0.2) is 5.96 Å². The van der Waals surface area contributed by atoms with Crippen LogP contribution < -0.4 is 15.0 Å². The monoisotopic (exact) mass is 441 g/mol. The van der Waals surface area contributed by atoms with Gasteiger partial charge in [-0.3, -0.25) is 4.99 Å². The molecule has 0 bridgehead atoms. The molecule has 0 amide bonds. The van der Waals surface area contributed by atoms with E-state index >= 15 is 0 Å². The number of hydrogen-bond donors (Lipinski definition) is 1. The van der Waals surface area contributed by atoms with Crippen LogP contribution in [0.25, 0.3) is 0 Å². The van der Waals surface area contributed by atoms with Crippen molar-refractivity contribution in [2.24, 2.45) is 4.99 Å². The SMILES string of the molecule is CCNC(=NCCN(C)C(C)C)N1CCN(c2ncc(Br)c(OC)n2)CC1. The molecular formula is C18H32BrN7O. The van der Waals surface area contributed by atoms with Crippen molar-refractivity contribution in [3.05, 3.63) is 10.7 Å². The molecular weight excluding hydrogens is 410 g/mol. The molecule has 1 aromatic heterocycles. The maximum atomic E-state index is 5.28. The van der Waals surface area contributed by atoms with Crippen molar-refractivity contribution in [2.75, 3.05) is 64.9 Å². The van der Waals surface area contributed by atoms with Crippen LogP contribution in [0.1, 0.15) is 20.8 Å². The minimum absolute atomic E-state index is 0.536. The van der Waals surface area contributed by atoms with Gasteiger partial charge in [-0.15, -0.1) is 0 Å². The molecule has 1 aliphatic rings. The van der Waals surface area contributed by atoms with Gasteiger partial charge >= 0.3 is 0 Å². The number of guanidine groups is 1. The van der Waals surface area contributed by atoms with Gasteiger partial charge in [-0.1, -0.05) is 0 Å². The number of nitrogens with zero attached hydrogens (tertiary/aromatic N) is 6. The van der Waals surface area contributed by atoms with E-state index in [1.54, 1.807) is 13.3 Å². The Morgan fingerprint density at radius 1 is 1.37 bits per heavy atom. The number of methoxy groups -OCH3 is 1.